The summed E-state index contributed by atoms with van der Waals surface area (Å²) in [4.78, 5) is 12.7. The van der Waals surface area contributed by atoms with Gasteiger partial charge in [0.15, 0.2) is 5.16 Å². The molecule has 0 saturated carbocycles. The van der Waals surface area contributed by atoms with E-state index in [1.807, 2.05) is 31.2 Å². The number of aromatic amines is 1. The minimum Gasteiger partial charge on any atom is -0.324 e. The third kappa shape index (κ3) is 3.32. The van der Waals surface area contributed by atoms with E-state index in [-0.39, 0.29) is 11.7 Å². The molecule has 0 aliphatic heterocycles. The summed E-state index contributed by atoms with van der Waals surface area (Å²) in [5, 5.41) is 7.26. The van der Waals surface area contributed by atoms with Crippen LogP contribution < -0.4 is 11.4 Å². The third-order valence-corrected chi connectivity index (χ3v) is 4.13. The quantitative estimate of drug-likeness (QED) is 0.857. The van der Waals surface area contributed by atoms with Crippen LogP contribution in [-0.2, 0) is 6.54 Å². The summed E-state index contributed by atoms with van der Waals surface area (Å²) < 4.78 is 1.66. The summed E-state index contributed by atoms with van der Waals surface area (Å²) >= 11 is 1.48. The number of aromatic nitrogens is 3. The summed E-state index contributed by atoms with van der Waals surface area (Å²) in [7, 11) is 0. The number of nitrogens with one attached hydrogen (secondary N) is 1. The Bertz CT molecular complexity index is 602. The largest absolute Gasteiger partial charge is 0.343 e. The molecule has 0 fully saturated rings. The van der Waals surface area contributed by atoms with Gasteiger partial charge in [0.2, 0.25) is 0 Å². The summed E-state index contributed by atoms with van der Waals surface area (Å²) in [6.45, 7) is 4.78. The van der Waals surface area contributed by atoms with E-state index in [1.165, 1.54) is 11.8 Å². The summed E-state index contributed by atoms with van der Waals surface area (Å²) in [5.41, 5.74) is 6.97. The second-order valence-electron chi connectivity index (χ2n) is 4.65. The molecule has 0 saturated heterocycles. The number of H-pyrrole nitrogens is 1. The van der Waals surface area contributed by atoms with Crippen LogP contribution in [0, 0.1) is 0 Å². The maximum atomic E-state index is 11.6. The molecular weight excluding hydrogens is 272 g/mol. The molecule has 1 unspecified atom stereocenters. The van der Waals surface area contributed by atoms with Crippen molar-refractivity contribution in [2.45, 2.75) is 49.3 Å². The van der Waals surface area contributed by atoms with Crippen molar-refractivity contribution >= 4 is 11.8 Å². The Morgan fingerprint density at radius 3 is 2.65 bits per heavy atom. The molecule has 5 nitrogen and oxygen atoms in total. The van der Waals surface area contributed by atoms with Crippen molar-refractivity contribution in [2.24, 2.45) is 5.73 Å². The average Bonchev–Trinajstić information content (AvgIpc) is 2.81. The molecule has 0 aliphatic carbocycles. The van der Waals surface area contributed by atoms with Gasteiger partial charge in [-0.25, -0.2) is 9.89 Å². The molecule has 3 N–H and O–H groups in total. The van der Waals surface area contributed by atoms with Crippen molar-refractivity contribution in [3.63, 3.8) is 0 Å². The molecule has 0 bridgehead atoms. The van der Waals surface area contributed by atoms with Gasteiger partial charge in [-0.2, -0.15) is 0 Å². The van der Waals surface area contributed by atoms with Crippen LogP contribution in [0.5, 0.6) is 0 Å². The Morgan fingerprint density at radius 1 is 1.35 bits per heavy atom. The fourth-order valence-electron chi connectivity index (χ4n) is 1.93. The zero-order chi connectivity index (χ0) is 14.5. The van der Waals surface area contributed by atoms with Gasteiger partial charge in [0.05, 0.1) is 0 Å². The van der Waals surface area contributed by atoms with Crippen LogP contribution in [0.4, 0.5) is 0 Å². The maximum absolute atomic E-state index is 11.6. The highest BCUT2D eigenvalue weighted by atomic mass is 32.2. The lowest BCUT2D eigenvalue weighted by Crippen LogP contribution is -2.17. The van der Waals surface area contributed by atoms with Gasteiger partial charge >= 0.3 is 5.69 Å². The number of nitrogens with two attached hydrogens (primary N) is 1. The number of hydrogen-bond donors (Lipinski definition) is 2. The van der Waals surface area contributed by atoms with E-state index in [0.717, 1.165) is 23.3 Å². The van der Waals surface area contributed by atoms with Gasteiger partial charge < -0.3 is 5.73 Å². The lowest BCUT2D eigenvalue weighted by Gasteiger charge is -2.09. The Morgan fingerprint density at radius 2 is 2.05 bits per heavy atom. The summed E-state index contributed by atoms with van der Waals surface area (Å²) in [5.74, 6) is 0. The van der Waals surface area contributed by atoms with E-state index >= 15 is 0 Å². The predicted molar refractivity (Wildman–Crippen MR) is 80.9 cm³/mol. The molecule has 1 atom stereocenters. The maximum Gasteiger partial charge on any atom is 0.343 e. The molecule has 108 valence electrons. The highest BCUT2D eigenvalue weighted by Gasteiger charge is 2.09. The standard InChI is InChI=1S/C14H20N4OS/c1-3-9-18-13(19)16-17-14(18)20-11-7-5-10(6-8-11)12(15)4-2/h5-8,12H,3-4,9,15H2,1-2H3,(H,16,19). The lowest BCUT2D eigenvalue weighted by atomic mass is 10.1. The van der Waals surface area contributed by atoms with Crippen LogP contribution >= 0.6 is 11.8 Å². The van der Waals surface area contributed by atoms with E-state index in [4.69, 9.17) is 5.73 Å². The van der Waals surface area contributed by atoms with Crippen LogP contribution in [0.2, 0.25) is 0 Å². The first-order chi connectivity index (χ1) is 9.65. The SMILES string of the molecule is CCCn1c(Sc2ccc(C(N)CC)cc2)n[nH]c1=O. The summed E-state index contributed by atoms with van der Waals surface area (Å²) in [6.07, 6.45) is 1.82. The van der Waals surface area contributed by atoms with E-state index in [9.17, 15) is 4.79 Å². The van der Waals surface area contributed by atoms with E-state index in [1.54, 1.807) is 4.57 Å². The molecule has 6 heteroatoms. The Labute approximate surface area is 122 Å². The molecule has 1 aromatic carbocycles. The number of benzene rings is 1. The van der Waals surface area contributed by atoms with Crippen LogP contribution in [0.25, 0.3) is 0 Å². The Kier molecular flexibility index (Phi) is 5.03. The van der Waals surface area contributed by atoms with Crippen molar-refractivity contribution in [2.75, 3.05) is 0 Å². The van der Waals surface area contributed by atoms with Crippen molar-refractivity contribution in [1.82, 2.24) is 14.8 Å². The van der Waals surface area contributed by atoms with E-state index in [0.29, 0.717) is 11.7 Å². The first-order valence-corrected chi connectivity index (χ1v) is 7.66. The highest BCUT2D eigenvalue weighted by molar-refractivity contribution is 7.99. The van der Waals surface area contributed by atoms with Crippen molar-refractivity contribution < 1.29 is 0 Å². The Balaban J connectivity index is 2.16. The number of nitrogens with zero attached hydrogens (tertiary/aromatic N) is 2. The first kappa shape index (κ1) is 14.9. The molecule has 0 radical (unpaired) electrons. The van der Waals surface area contributed by atoms with Gasteiger partial charge in [-0.05, 0) is 42.3 Å². The van der Waals surface area contributed by atoms with Gasteiger partial charge in [0.25, 0.3) is 0 Å². The zero-order valence-electron chi connectivity index (χ0n) is 11.8. The summed E-state index contributed by atoms with van der Waals surface area (Å²) in [6, 6.07) is 8.19. The normalized spacial score (nSPS) is 12.6. The highest BCUT2D eigenvalue weighted by Crippen LogP contribution is 2.26. The number of rotatable bonds is 6. The van der Waals surface area contributed by atoms with Crippen molar-refractivity contribution in [3.8, 4) is 0 Å². The van der Waals surface area contributed by atoms with Gasteiger partial charge in [0, 0.05) is 17.5 Å². The van der Waals surface area contributed by atoms with E-state index in [2.05, 4.69) is 17.1 Å². The average molecular weight is 292 g/mol. The molecule has 2 aromatic rings. The minimum atomic E-state index is -0.154. The zero-order valence-corrected chi connectivity index (χ0v) is 12.6. The van der Waals surface area contributed by atoms with Crippen LogP contribution in [0.3, 0.4) is 0 Å². The monoisotopic (exact) mass is 292 g/mol. The molecule has 0 aliphatic rings. The fourth-order valence-corrected chi connectivity index (χ4v) is 2.78. The second kappa shape index (κ2) is 6.76. The van der Waals surface area contributed by atoms with E-state index < -0.39 is 0 Å². The van der Waals surface area contributed by atoms with Crippen LogP contribution in [0.15, 0.2) is 39.1 Å². The van der Waals surface area contributed by atoms with Gasteiger partial charge in [-0.3, -0.25) is 4.57 Å². The fraction of sp³-hybridized carbons (Fsp3) is 0.429. The third-order valence-electron chi connectivity index (χ3n) is 3.13. The minimum absolute atomic E-state index is 0.0812. The van der Waals surface area contributed by atoms with Crippen LogP contribution in [-0.4, -0.2) is 14.8 Å². The number of hydrogen-bond acceptors (Lipinski definition) is 4. The lowest BCUT2D eigenvalue weighted by molar-refractivity contribution is 0.604. The van der Waals surface area contributed by atoms with Crippen molar-refractivity contribution in [3.05, 3.63) is 40.3 Å². The van der Waals surface area contributed by atoms with Gasteiger partial charge in [0.1, 0.15) is 0 Å². The molecule has 0 amide bonds. The second-order valence-corrected chi connectivity index (χ2v) is 5.69. The van der Waals surface area contributed by atoms with Crippen LogP contribution in [0.1, 0.15) is 38.3 Å². The molecular formula is C14H20N4OS. The predicted octanol–water partition coefficient (Wildman–Crippen LogP) is 2.54. The van der Waals surface area contributed by atoms with Crippen molar-refractivity contribution in [1.29, 1.82) is 0 Å². The molecule has 2 rings (SSSR count). The smallest absolute Gasteiger partial charge is 0.324 e. The molecule has 1 heterocycles. The molecule has 20 heavy (non-hydrogen) atoms. The topological polar surface area (TPSA) is 76.7 Å². The molecule has 1 aromatic heterocycles. The van der Waals surface area contributed by atoms with Gasteiger partial charge in [-0.1, -0.05) is 26.0 Å². The van der Waals surface area contributed by atoms with Gasteiger partial charge in [-0.15, -0.1) is 5.10 Å². The first-order valence-electron chi connectivity index (χ1n) is 6.84. The Hall–Kier alpha value is -1.53. The molecule has 0 spiro atoms.